The Kier molecular flexibility index (Phi) is 3.36. The summed E-state index contributed by atoms with van der Waals surface area (Å²) in [6.07, 6.45) is 1.95. The number of hydrogen-bond acceptors (Lipinski definition) is 6. The number of benzene rings is 1. The van der Waals surface area contributed by atoms with Crippen molar-refractivity contribution in [3.63, 3.8) is 0 Å². The number of piperidine rings is 1. The number of rotatable bonds is 3. The molecule has 0 saturated carbocycles. The van der Waals surface area contributed by atoms with Crippen molar-refractivity contribution in [2.45, 2.75) is 23.8 Å². The van der Waals surface area contributed by atoms with Crippen LogP contribution in [0.15, 0.2) is 27.5 Å². The zero-order chi connectivity index (χ0) is 14.2. The summed E-state index contributed by atoms with van der Waals surface area (Å²) in [4.78, 5) is 4.22. The Morgan fingerprint density at radius 3 is 2.80 bits per heavy atom. The Balaban J connectivity index is 1.94. The molecule has 8 heteroatoms. The standard InChI is InChI=1S/C12H16N4O3S/c13-20(17,18)10-3-1-2-9-11(10)19-12(16-9)15-8-4-6-14-7-5-8/h1-3,8,14H,4-7H2,(H,15,16)(H2,13,17,18). The fourth-order valence-corrected chi connectivity index (χ4v) is 3.02. The third kappa shape index (κ3) is 2.62. The van der Waals surface area contributed by atoms with Crippen molar-refractivity contribution in [1.82, 2.24) is 10.3 Å². The summed E-state index contributed by atoms with van der Waals surface area (Å²) in [6, 6.07) is 5.32. The molecule has 2 heterocycles. The first-order valence-corrected chi connectivity index (χ1v) is 7.98. The molecule has 7 nitrogen and oxygen atoms in total. The molecule has 0 bridgehead atoms. The number of hydrogen-bond donors (Lipinski definition) is 3. The van der Waals surface area contributed by atoms with Crippen LogP contribution in [-0.2, 0) is 10.0 Å². The van der Waals surface area contributed by atoms with Gasteiger partial charge in [-0.3, -0.25) is 0 Å². The molecule has 1 aromatic carbocycles. The van der Waals surface area contributed by atoms with E-state index in [4.69, 9.17) is 9.56 Å². The highest BCUT2D eigenvalue weighted by atomic mass is 32.2. The van der Waals surface area contributed by atoms with Crippen LogP contribution in [0, 0.1) is 0 Å². The van der Waals surface area contributed by atoms with Crippen LogP contribution < -0.4 is 15.8 Å². The number of nitrogens with zero attached hydrogens (tertiary/aromatic N) is 1. The van der Waals surface area contributed by atoms with Gasteiger partial charge in [0.15, 0.2) is 5.58 Å². The molecule has 0 spiro atoms. The van der Waals surface area contributed by atoms with E-state index in [1.807, 2.05) is 0 Å². The highest BCUT2D eigenvalue weighted by molar-refractivity contribution is 7.89. The molecule has 0 unspecified atom stereocenters. The number of aromatic nitrogens is 1. The van der Waals surface area contributed by atoms with Crippen LogP contribution in [0.2, 0.25) is 0 Å². The van der Waals surface area contributed by atoms with Gasteiger partial charge >= 0.3 is 0 Å². The van der Waals surface area contributed by atoms with E-state index in [0.29, 0.717) is 11.5 Å². The number of nitrogens with two attached hydrogens (primary N) is 1. The molecule has 108 valence electrons. The monoisotopic (exact) mass is 296 g/mol. The van der Waals surface area contributed by atoms with Crippen LogP contribution in [0.4, 0.5) is 6.01 Å². The van der Waals surface area contributed by atoms with Crippen LogP contribution >= 0.6 is 0 Å². The molecule has 20 heavy (non-hydrogen) atoms. The number of nitrogens with one attached hydrogen (secondary N) is 2. The van der Waals surface area contributed by atoms with Gasteiger partial charge in [0.1, 0.15) is 10.4 Å². The number of fused-ring (bicyclic) bond motifs is 1. The summed E-state index contributed by atoms with van der Waals surface area (Å²) in [5.41, 5.74) is 0.680. The van der Waals surface area contributed by atoms with Crippen LogP contribution in [0.25, 0.3) is 11.1 Å². The summed E-state index contributed by atoms with van der Waals surface area (Å²) in [6.45, 7) is 1.89. The quantitative estimate of drug-likeness (QED) is 0.766. The Morgan fingerprint density at radius 2 is 2.10 bits per heavy atom. The van der Waals surface area contributed by atoms with Gasteiger partial charge < -0.3 is 15.1 Å². The van der Waals surface area contributed by atoms with Crippen molar-refractivity contribution in [2.24, 2.45) is 5.14 Å². The second-order valence-electron chi connectivity index (χ2n) is 4.84. The third-order valence-electron chi connectivity index (χ3n) is 3.35. The van der Waals surface area contributed by atoms with Gasteiger partial charge in [0, 0.05) is 6.04 Å². The molecular weight excluding hydrogens is 280 g/mol. The molecule has 1 aliphatic rings. The van der Waals surface area contributed by atoms with Gasteiger partial charge in [-0.05, 0) is 38.1 Å². The second-order valence-corrected chi connectivity index (χ2v) is 6.37. The minimum atomic E-state index is -3.82. The van der Waals surface area contributed by atoms with E-state index < -0.39 is 10.0 Å². The Morgan fingerprint density at radius 1 is 1.35 bits per heavy atom. The molecule has 1 fully saturated rings. The normalized spacial score (nSPS) is 17.4. The van der Waals surface area contributed by atoms with Crippen molar-refractivity contribution >= 4 is 27.1 Å². The molecule has 1 aromatic heterocycles. The lowest BCUT2D eigenvalue weighted by Gasteiger charge is -2.22. The van der Waals surface area contributed by atoms with E-state index in [1.165, 1.54) is 6.07 Å². The fraction of sp³-hybridized carbons (Fsp3) is 0.417. The minimum Gasteiger partial charge on any atom is -0.422 e. The van der Waals surface area contributed by atoms with Crippen molar-refractivity contribution in [2.75, 3.05) is 18.4 Å². The number of para-hydroxylation sites is 1. The molecule has 0 atom stereocenters. The fourth-order valence-electron chi connectivity index (χ4n) is 2.35. The molecule has 0 aliphatic carbocycles. The summed E-state index contributed by atoms with van der Waals surface area (Å²) in [5.74, 6) is 0. The van der Waals surface area contributed by atoms with Crippen LogP contribution in [0.5, 0.6) is 0 Å². The average Bonchev–Trinajstić information content (AvgIpc) is 2.80. The maximum absolute atomic E-state index is 11.5. The Hall–Kier alpha value is -1.64. The summed E-state index contributed by atoms with van der Waals surface area (Å²) in [5, 5.41) is 11.6. The topological polar surface area (TPSA) is 110 Å². The zero-order valence-electron chi connectivity index (χ0n) is 10.8. The molecule has 1 saturated heterocycles. The maximum Gasteiger partial charge on any atom is 0.295 e. The first-order valence-electron chi connectivity index (χ1n) is 6.43. The average molecular weight is 296 g/mol. The SMILES string of the molecule is NS(=O)(=O)c1cccc2nc(NC3CCNCC3)oc12. The molecule has 0 radical (unpaired) electrons. The Labute approximate surface area is 116 Å². The van der Waals surface area contributed by atoms with E-state index in [-0.39, 0.29) is 16.5 Å². The van der Waals surface area contributed by atoms with E-state index in [2.05, 4.69) is 15.6 Å². The van der Waals surface area contributed by atoms with Gasteiger partial charge in [-0.15, -0.1) is 0 Å². The first kappa shape index (κ1) is 13.3. The number of anilines is 1. The zero-order valence-corrected chi connectivity index (χ0v) is 11.6. The van der Waals surface area contributed by atoms with Crippen molar-refractivity contribution in [3.05, 3.63) is 18.2 Å². The lowest BCUT2D eigenvalue weighted by atomic mass is 10.1. The number of sulfonamides is 1. The minimum absolute atomic E-state index is 0.0409. The highest BCUT2D eigenvalue weighted by Crippen LogP contribution is 2.26. The van der Waals surface area contributed by atoms with Gasteiger partial charge in [-0.2, -0.15) is 4.98 Å². The van der Waals surface area contributed by atoms with Gasteiger partial charge in [-0.1, -0.05) is 6.07 Å². The van der Waals surface area contributed by atoms with Crippen LogP contribution in [-0.4, -0.2) is 32.5 Å². The summed E-state index contributed by atoms with van der Waals surface area (Å²) in [7, 11) is -3.82. The van der Waals surface area contributed by atoms with Gasteiger partial charge in [-0.25, -0.2) is 13.6 Å². The summed E-state index contributed by atoms with van der Waals surface area (Å²) < 4.78 is 28.5. The smallest absolute Gasteiger partial charge is 0.295 e. The van der Waals surface area contributed by atoms with Gasteiger partial charge in [0.05, 0.1) is 0 Å². The second kappa shape index (κ2) is 5.04. The largest absolute Gasteiger partial charge is 0.422 e. The predicted octanol–water partition coefficient (Wildman–Crippen LogP) is 0.639. The first-order chi connectivity index (χ1) is 9.54. The Bertz CT molecular complexity index is 719. The van der Waals surface area contributed by atoms with Crippen molar-refractivity contribution < 1.29 is 12.8 Å². The van der Waals surface area contributed by atoms with E-state index in [1.54, 1.807) is 12.1 Å². The molecule has 0 amide bonds. The number of oxazole rings is 1. The van der Waals surface area contributed by atoms with Crippen molar-refractivity contribution in [1.29, 1.82) is 0 Å². The van der Waals surface area contributed by atoms with Gasteiger partial charge in [0.2, 0.25) is 10.0 Å². The number of primary sulfonamides is 1. The molecule has 1 aliphatic heterocycles. The molecule has 4 N–H and O–H groups in total. The van der Waals surface area contributed by atoms with Crippen molar-refractivity contribution in [3.8, 4) is 0 Å². The van der Waals surface area contributed by atoms with E-state index >= 15 is 0 Å². The molecule has 2 aromatic rings. The molecule has 3 rings (SSSR count). The van der Waals surface area contributed by atoms with Crippen LogP contribution in [0.3, 0.4) is 0 Å². The lowest BCUT2D eigenvalue weighted by molar-refractivity contribution is 0.466. The summed E-state index contributed by atoms with van der Waals surface area (Å²) >= 11 is 0. The maximum atomic E-state index is 11.5. The van der Waals surface area contributed by atoms with E-state index in [0.717, 1.165) is 25.9 Å². The highest BCUT2D eigenvalue weighted by Gasteiger charge is 2.19. The third-order valence-corrected chi connectivity index (χ3v) is 4.29. The lowest BCUT2D eigenvalue weighted by Crippen LogP contribution is -2.35. The van der Waals surface area contributed by atoms with E-state index in [9.17, 15) is 8.42 Å². The predicted molar refractivity (Wildman–Crippen MR) is 74.9 cm³/mol. The molecular formula is C12H16N4O3S. The van der Waals surface area contributed by atoms with Crippen LogP contribution in [0.1, 0.15) is 12.8 Å². The van der Waals surface area contributed by atoms with Gasteiger partial charge in [0.25, 0.3) is 6.01 Å².